The number of rotatable bonds is 6. The van der Waals surface area contributed by atoms with E-state index in [1.807, 2.05) is 0 Å². The van der Waals surface area contributed by atoms with Crippen LogP contribution in [-0.4, -0.2) is 34.6 Å². The molecule has 3 heteroatoms. The Balaban J connectivity index is 1.83. The van der Waals surface area contributed by atoms with Gasteiger partial charge < -0.3 is 5.11 Å². The fourth-order valence-corrected chi connectivity index (χ4v) is 2.18. The van der Waals surface area contributed by atoms with E-state index in [2.05, 4.69) is 11.8 Å². The van der Waals surface area contributed by atoms with Crippen LogP contribution in [0.15, 0.2) is 0 Å². The number of carboxylic acid groups (broad SMARTS) is 1. The first-order valence-corrected chi connectivity index (χ1v) is 5.64. The van der Waals surface area contributed by atoms with Crippen molar-refractivity contribution in [2.24, 2.45) is 5.92 Å². The zero-order chi connectivity index (χ0) is 10.1. The lowest BCUT2D eigenvalue weighted by Crippen LogP contribution is -2.39. The molecule has 0 bridgehead atoms. The predicted octanol–water partition coefficient (Wildman–Crippen LogP) is 1.72. The maximum Gasteiger partial charge on any atom is 0.317 e. The summed E-state index contributed by atoms with van der Waals surface area (Å²) in [4.78, 5) is 12.9. The lowest BCUT2D eigenvalue weighted by atomic mass is 10.1. The molecule has 1 unspecified atom stereocenters. The maximum atomic E-state index is 10.7. The molecule has 3 nitrogen and oxygen atoms in total. The van der Waals surface area contributed by atoms with Gasteiger partial charge in [0.2, 0.25) is 0 Å². The monoisotopic (exact) mass is 197 g/mol. The molecule has 2 aliphatic rings. The van der Waals surface area contributed by atoms with Gasteiger partial charge in [0.05, 0.1) is 6.54 Å². The van der Waals surface area contributed by atoms with E-state index in [1.54, 1.807) is 0 Å². The standard InChI is InChI=1S/C11H19NO2/c1-8(6-9-2-3-9)12(7-11(13)14)10-4-5-10/h8-10H,2-7H2,1H3,(H,13,14). The highest BCUT2D eigenvalue weighted by Gasteiger charge is 2.35. The van der Waals surface area contributed by atoms with Gasteiger partial charge in [0, 0.05) is 12.1 Å². The Bertz CT molecular complexity index is 221. The van der Waals surface area contributed by atoms with E-state index in [-0.39, 0.29) is 6.54 Å². The molecule has 0 aromatic carbocycles. The lowest BCUT2D eigenvalue weighted by molar-refractivity contribution is -0.139. The van der Waals surface area contributed by atoms with E-state index in [0.29, 0.717) is 12.1 Å². The second-order valence-electron chi connectivity index (χ2n) is 4.83. The van der Waals surface area contributed by atoms with Gasteiger partial charge in [-0.1, -0.05) is 12.8 Å². The molecule has 2 rings (SSSR count). The molecule has 1 N–H and O–H groups in total. The Kier molecular flexibility index (Phi) is 2.77. The summed E-state index contributed by atoms with van der Waals surface area (Å²) in [5.74, 6) is 0.208. The third-order valence-electron chi connectivity index (χ3n) is 3.27. The predicted molar refractivity (Wildman–Crippen MR) is 54.2 cm³/mol. The zero-order valence-corrected chi connectivity index (χ0v) is 8.78. The molecular weight excluding hydrogens is 178 g/mol. The minimum absolute atomic E-state index is 0.235. The number of aliphatic carboxylic acids is 1. The van der Waals surface area contributed by atoms with E-state index in [9.17, 15) is 4.79 Å². The summed E-state index contributed by atoms with van der Waals surface area (Å²) in [6, 6.07) is 1.03. The van der Waals surface area contributed by atoms with Crippen molar-refractivity contribution in [1.82, 2.24) is 4.90 Å². The van der Waals surface area contributed by atoms with Gasteiger partial charge in [-0.3, -0.25) is 9.69 Å². The third kappa shape index (κ3) is 2.71. The Morgan fingerprint density at radius 3 is 2.50 bits per heavy atom. The van der Waals surface area contributed by atoms with Crippen molar-refractivity contribution in [3.05, 3.63) is 0 Å². The molecule has 0 radical (unpaired) electrons. The molecule has 0 spiro atoms. The fraction of sp³-hybridized carbons (Fsp3) is 0.909. The molecule has 0 heterocycles. The van der Waals surface area contributed by atoms with Gasteiger partial charge in [0.1, 0.15) is 0 Å². The summed E-state index contributed by atoms with van der Waals surface area (Å²) in [5.41, 5.74) is 0. The van der Waals surface area contributed by atoms with Crippen LogP contribution in [0.3, 0.4) is 0 Å². The summed E-state index contributed by atoms with van der Waals surface area (Å²) in [6.07, 6.45) is 6.31. The van der Waals surface area contributed by atoms with Crippen LogP contribution in [0.5, 0.6) is 0 Å². The smallest absolute Gasteiger partial charge is 0.317 e. The first-order valence-electron chi connectivity index (χ1n) is 5.64. The Morgan fingerprint density at radius 1 is 1.43 bits per heavy atom. The lowest BCUT2D eigenvalue weighted by Gasteiger charge is -2.27. The molecule has 0 saturated heterocycles. The van der Waals surface area contributed by atoms with Crippen LogP contribution >= 0.6 is 0 Å². The first-order chi connectivity index (χ1) is 6.66. The number of hydrogen-bond acceptors (Lipinski definition) is 2. The van der Waals surface area contributed by atoms with E-state index < -0.39 is 5.97 Å². The second-order valence-corrected chi connectivity index (χ2v) is 4.83. The number of hydrogen-bond donors (Lipinski definition) is 1. The van der Waals surface area contributed by atoms with Gasteiger partial charge in [-0.2, -0.15) is 0 Å². The Morgan fingerprint density at radius 2 is 2.07 bits per heavy atom. The zero-order valence-electron chi connectivity index (χ0n) is 8.78. The molecule has 0 aromatic heterocycles. The van der Waals surface area contributed by atoms with E-state index in [1.165, 1.54) is 32.1 Å². The number of nitrogens with zero attached hydrogens (tertiary/aromatic N) is 1. The summed E-state index contributed by atoms with van der Waals surface area (Å²) in [6.45, 7) is 2.41. The maximum absolute atomic E-state index is 10.7. The highest BCUT2D eigenvalue weighted by atomic mass is 16.4. The van der Waals surface area contributed by atoms with Crippen molar-refractivity contribution in [3.63, 3.8) is 0 Å². The molecule has 80 valence electrons. The largest absolute Gasteiger partial charge is 0.480 e. The number of carboxylic acids is 1. The van der Waals surface area contributed by atoms with Crippen molar-refractivity contribution in [2.75, 3.05) is 6.54 Å². The van der Waals surface area contributed by atoms with Crippen LogP contribution in [0.2, 0.25) is 0 Å². The van der Waals surface area contributed by atoms with Gasteiger partial charge in [-0.15, -0.1) is 0 Å². The van der Waals surface area contributed by atoms with Crippen LogP contribution in [0.25, 0.3) is 0 Å². The SMILES string of the molecule is CC(CC1CC1)N(CC(=O)O)C1CC1. The average Bonchev–Trinajstić information content (AvgIpc) is 2.93. The normalized spacial score (nSPS) is 23.9. The van der Waals surface area contributed by atoms with Gasteiger partial charge >= 0.3 is 5.97 Å². The summed E-state index contributed by atoms with van der Waals surface area (Å²) < 4.78 is 0. The van der Waals surface area contributed by atoms with E-state index >= 15 is 0 Å². The van der Waals surface area contributed by atoms with E-state index in [4.69, 9.17) is 5.11 Å². The number of carbonyl (C=O) groups is 1. The highest BCUT2D eigenvalue weighted by Crippen LogP contribution is 2.37. The molecule has 0 aliphatic heterocycles. The van der Waals surface area contributed by atoms with Gasteiger partial charge in [0.15, 0.2) is 0 Å². The quantitative estimate of drug-likeness (QED) is 0.705. The molecule has 1 atom stereocenters. The van der Waals surface area contributed by atoms with Crippen LogP contribution in [0.1, 0.15) is 39.0 Å². The van der Waals surface area contributed by atoms with Crippen molar-refractivity contribution in [1.29, 1.82) is 0 Å². The van der Waals surface area contributed by atoms with Crippen molar-refractivity contribution in [2.45, 2.75) is 51.1 Å². The molecule has 0 amide bonds. The molecule has 2 fully saturated rings. The molecular formula is C11H19NO2. The minimum Gasteiger partial charge on any atom is -0.480 e. The minimum atomic E-state index is -0.681. The van der Waals surface area contributed by atoms with Crippen LogP contribution in [-0.2, 0) is 4.79 Å². The van der Waals surface area contributed by atoms with Crippen molar-refractivity contribution < 1.29 is 9.90 Å². The molecule has 2 aliphatic carbocycles. The van der Waals surface area contributed by atoms with Crippen LogP contribution in [0, 0.1) is 5.92 Å². The fourth-order valence-electron chi connectivity index (χ4n) is 2.18. The van der Waals surface area contributed by atoms with Gasteiger partial charge in [0.25, 0.3) is 0 Å². The third-order valence-corrected chi connectivity index (χ3v) is 3.27. The topological polar surface area (TPSA) is 40.5 Å². The summed E-state index contributed by atoms with van der Waals surface area (Å²) >= 11 is 0. The average molecular weight is 197 g/mol. The Labute approximate surface area is 85.1 Å². The van der Waals surface area contributed by atoms with E-state index in [0.717, 1.165) is 5.92 Å². The van der Waals surface area contributed by atoms with Crippen LogP contribution in [0.4, 0.5) is 0 Å². The van der Waals surface area contributed by atoms with Crippen LogP contribution < -0.4 is 0 Å². The first kappa shape index (κ1) is 9.97. The molecule has 0 aromatic rings. The van der Waals surface area contributed by atoms with Gasteiger partial charge in [-0.05, 0) is 32.1 Å². The molecule has 14 heavy (non-hydrogen) atoms. The Hall–Kier alpha value is -0.570. The molecule has 2 saturated carbocycles. The van der Waals surface area contributed by atoms with Gasteiger partial charge in [-0.25, -0.2) is 0 Å². The summed E-state index contributed by atoms with van der Waals surface area (Å²) in [7, 11) is 0. The van der Waals surface area contributed by atoms with Crippen molar-refractivity contribution >= 4 is 5.97 Å². The van der Waals surface area contributed by atoms with Crippen molar-refractivity contribution in [3.8, 4) is 0 Å². The second kappa shape index (κ2) is 3.89. The summed E-state index contributed by atoms with van der Waals surface area (Å²) in [5, 5.41) is 8.82. The highest BCUT2D eigenvalue weighted by molar-refractivity contribution is 5.69.